The summed E-state index contributed by atoms with van der Waals surface area (Å²) >= 11 is 5.80. The molecule has 0 aliphatic rings. The highest BCUT2D eigenvalue weighted by molar-refractivity contribution is 6.30. The number of nitrogens with zero attached hydrogens (tertiary/aromatic N) is 1. The fourth-order valence-corrected chi connectivity index (χ4v) is 1.60. The molecule has 104 valence electrons. The number of halogens is 1. The zero-order valence-electron chi connectivity index (χ0n) is 10.6. The Hall–Kier alpha value is -2.34. The van der Waals surface area contributed by atoms with Gasteiger partial charge in [0.15, 0.2) is 6.10 Å². The van der Waals surface area contributed by atoms with E-state index in [0.29, 0.717) is 10.7 Å². The largest absolute Gasteiger partial charge is 0.448 e. The molecule has 0 bridgehead atoms. The molecule has 2 rings (SSSR count). The molecule has 1 aromatic carbocycles. The molecule has 0 spiro atoms. The molecule has 6 nitrogen and oxygen atoms in total. The number of H-pyrrole nitrogens is 1. The van der Waals surface area contributed by atoms with E-state index < -0.39 is 18.0 Å². The zero-order valence-corrected chi connectivity index (χ0v) is 11.3. The van der Waals surface area contributed by atoms with Crippen molar-refractivity contribution in [2.45, 2.75) is 13.0 Å². The number of nitrogens with one attached hydrogen (secondary N) is 1. The number of benzene rings is 1. The molecule has 0 radical (unpaired) electrons. The number of aromatic amines is 1. The normalized spacial score (nSPS) is 11.9. The van der Waals surface area contributed by atoms with Gasteiger partial charge in [0.2, 0.25) is 0 Å². The lowest BCUT2D eigenvalue weighted by Crippen LogP contribution is -2.30. The van der Waals surface area contributed by atoms with Crippen LogP contribution in [0.25, 0.3) is 11.3 Å². The number of ether oxygens (including phenoxy) is 1. The predicted molar refractivity (Wildman–Crippen MR) is 73.1 cm³/mol. The quantitative estimate of drug-likeness (QED) is 0.839. The molecule has 0 aliphatic carbocycles. The number of rotatable bonds is 4. The number of hydrogen-bond acceptors (Lipinski definition) is 4. The molecule has 0 fully saturated rings. The second-order valence-corrected chi connectivity index (χ2v) is 4.56. The van der Waals surface area contributed by atoms with Gasteiger partial charge in [-0.05, 0) is 25.1 Å². The number of amides is 1. The van der Waals surface area contributed by atoms with Crippen LogP contribution < -0.4 is 5.73 Å². The Morgan fingerprint density at radius 3 is 2.60 bits per heavy atom. The minimum atomic E-state index is -0.996. The third kappa shape index (κ3) is 3.16. The van der Waals surface area contributed by atoms with Crippen molar-refractivity contribution in [1.29, 1.82) is 0 Å². The first-order valence-corrected chi connectivity index (χ1v) is 6.17. The van der Waals surface area contributed by atoms with Crippen molar-refractivity contribution >= 4 is 23.5 Å². The topological polar surface area (TPSA) is 98.1 Å². The number of carbonyl (C=O) groups is 2. The van der Waals surface area contributed by atoms with Crippen LogP contribution in [0, 0.1) is 0 Å². The van der Waals surface area contributed by atoms with Crippen molar-refractivity contribution in [1.82, 2.24) is 10.2 Å². The van der Waals surface area contributed by atoms with Gasteiger partial charge in [-0.25, -0.2) is 4.79 Å². The summed E-state index contributed by atoms with van der Waals surface area (Å²) in [7, 11) is 0. The van der Waals surface area contributed by atoms with E-state index in [1.54, 1.807) is 24.3 Å². The minimum Gasteiger partial charge on any atom is -0.448 e. The Labute approximate surface area is 119 Å². The third-order valence-electron chi connectivity index (χ3n) is 2.62. The summed E-state index contributed by atoms with van der Waals surface area (Å²) in [6.07, 6.45) is -0.996. The van der Waals surface area contributed by atoms with Gasteiger partial charge in [-0.15, -0.1) is 0 Å². The lowest BCUT2D eigenvalue weighted by molar-refractivity contribution is -0.125. The second kappa shape index (κ2) is 5.75. The summed E-state index contributed by atoms with van der Waals surface area (Å²) in [5.41, 5.74) is 6.53. The van der Waals surface area contributed by atoms with Gasteiger partial charge in [0.1, 0.15) is 5.69 Å². The number of aromatic nitrogens is 2. The molecular weight excluding hydrogens is 282 g/mol. The van der Waals surface area contributed by atoms with Crippen molar-refractivity contribution in [3.05, 3.63) is 41.0 Å². The first kappa shape index (κ1) is 14.1. The predicted octanol–water partition coefficient (Wildman–Crippen LogP) is 1.76. The van der Waals surface area contributed by atoms with Crippen molar-refractivity contribution < 1.29 is 14.3 Å². The Kier molecular flexibility index (Phi) is 4.05. The summed E-state index contributed by atoms with van der Waals surface area (Å²) in [5, 5.41) is 7.17. The summed E-state index contributed by atoms with van der Waals surface area (Å²) in [6.45, 7) is 1.40. The lowest BCUT2D eigenvalue weighted by Gasteiger charge is -2.07. The van der Waals surface area contributed by atoms with Crippen LogP contribution in [0.1, 0.15) is 17.4 Å². The van der Waals surface area contributed by atoms with Gasteiger partial charge < -0.3 is 10.5 Å². The van der Waals surface area contributed by atoms with Crippen LogP contribution in [0.5, 0.6) is 0 Å². The Morgan fingerprint density at radius 1 is 1.35 bits per heavy atom. The molecule has 20 heavy (non-hydrogen) atoms. The van der Waals surface area contributed by atoms with E-state index in [4.69, 9.17) is 22.1 Å². The van der Waals surface area contributed by atoms with E-state index >= 15 is 0 Å². The first-order chi connectivity index (χ1) is 9.47. The minimum absolute atomic E-state index is 0.142. The highest BCUT2D eigenvalue weighted by Gasteiger charge is 2.18. The maximum Gasteiger partial charge on any atom is 0.357 e. The van der Waals surface area contributed by atoms with Crippen molar-refractivity contribution in [2.75, 3.05) is 0 Å². The molecule has 7 heteroatoms. The van der Waals surface area contributed by atoms with Crippen molar-refractivity contribution in [2.24, 2.45) is 5.73 Å². The van der Waals surface area contributed by atoms with Gasteiger partial charge in [-0.2, -0.15) is 5.10 Å². The molecule has 1 aromatic heterocycles. The smallest absolute Gasteiger partial charge is 0.357 e. The molecule has 1 atom stereocenters. The average Bonchev–Trinajstić information content (AvgIpc) is 2.89. The van der Waals surface area contributed by atoms with Gasteiger partial charge in [-0.3, -0.25) is 9.89 Å². The number of carbonyl (C=O) groups excluding carboxylic acids is 2. The van der Waals surface area contributed by atoms with Crippen LogP contribution in [0.3, 0.4) is 0 Å². The highest BCUT2D eigenvalue weighted by atomic mass is 35.5. The molecule has 2 aromatic rings. The maximum absolute atomic E-state index is 11.7. The Balaban J connectivity index is 2.14. The van der Waals surface area contributed by atoms with Crippen LogP contribution in [0.15, 0.2) is 30.3 Å². The zero-order chi connectivity index (χ0) is 14.7. The van der Waals surface area contributed by atoms with Gasteiger partial charge in [0.05, 0.1) is 5.69 Å². The number of hydrogen-bond donors (Lipinski definition) is 2. The third-order valence-corrected chi connectivity index (χ3v) is 2.87. The SMILES string of the molecule is C[C@@H](OC(=O)c1cc(-c2ccc(Cl)cc2)n[nH]1)C(N)=O. The first-order valence-electron chi connectivity index (χ1n) is 5.79. The van der Waals surface area contributed by atoms with E-state index in [1.165, 1.54) is 13.0 Å². The number of primary amides is 1. The Morgan fingerprint density at radius 2 is 2.00 bits per heavy atom. The second-order valence-electron chi connectivity index (χ2n) is 4.12. The fourth-order valence-electron chi connectivity index (χ4n) is 1.48. The fraction of sp³-hybridized carbons (Fsp3) is 0.154. The van der Waals surface area contributed by atoms with E-state index in [2.05, 4.69) is 10.2 Å². The van der Waals surface area contributed by atoms with Gasteiger partial charge in [0.25, 0.3) is 5.91 Å². The molecule has 0 aliphatic heterocycles. The molecule has 0 saturated carbocycles. The maximum atomic E-state index is 11.7. The van der Waals surface area contributed by atoms with Crippen LogP contribution >= 0.6 is 11.6 Å². The van der Waals surface area contributed by atoms with Crippen molar-refractivity contribution in [3.63, 3.8) is 0 Å². The number of nitrogens with two attached hydrogens (primary N) is 1. The molecule has 1 amide bonds. The van der Waals surface area contributed by atoms with Crippen LogP contribution in [-0.2, 0) is 9.53 Å². The van der Waals surface area contributed by atoms with Crippen molar-refractivity contribution in [3.8, 4) is 11.3 Å². The molecule has 3 N–H and O–H groups in total. The summed E-state index contributed by atoms with van der Waals surface area (Å²) in [6, 6.07) is 8.52. The van der Waals surface area contributed by atoms with E-state index in [-0.39, 0.29) is 5.69 Å². The standard InChI is InChI=1S/C13H12ClN3O3/c1-7(12(15)18)20-13(19)11-6-10(16-17-11)8-2-4-9(14)5-3-8/h2-7H,1H3,(H2,15,18)(H,16,17)/t7-/m1/s1. The van der Waals surface area contributed by atoms with E-state index in [1.807, 2.05) is 0 Å². The summed E-state index contributed by atoms with van der Waals surface area (Å²) in [5.74, 6) is -1.40. The lowest BCUT2D eigenvalue weighted by atomic mass is 10.1. The summed E-state index contributed by atoms with van der Waals surface area (Å²) in [4.78, 5) is 22.6. The van der Waals surface area contributed by atoms with Crippen LogP contribution in [0.4, 0.5) is 0 Å². The van der Waals surface area contributed by atoms with Gasteiger partial charge >= 0.3 is 5.97 Å². The molecule has 0 unspecified atom stereocenters. The number of esters is 1. The molecular formula is C13H12ClN3O3. The van der Waals surface area contributed by atoms with E-state index in [0.717, 1.165) is 5.56 Å². The van der Waals surface area contributed by atoms with Gasteiger partial charge in [-0.1, -0.05) is 23.7 Å². The monoisotopic (exact) mass is 293 g/mol. The van der Waals surface area contributed by atoms with Crippen LogP contribution in [-0.4, -0.2) is 28.2 Å². The average molecular weight is 294 g/mol. The van der Waals surface area contributed by atoms with Crippen LogP contribution in [0.2, 0.25) is 5.02 Å². The van der Waals surface area contributed by atoms with E-state index in [9.17, 15) is 9.59 Å². The Bertz CT molecular complexity index is 637. The molecule has 1 heterocycles. The highest BCUT2D eigenvalue weighted by Crippen LogP contribution is 2.20. The summed E-state index contributed by atoms with van der Waals surface area (Å²) < 4.78 is 4.86. The molecule has 0 saturated heterocycles. The van der Waals surface area contributed by atoms with Gasteiger partial charge in [0, 0.05) is 10.6 Å².